The fourth-order valence-corrected chi connectivity index (χ4v) is 2.47. The van der Waals surface area contributed by atoms with Gasteiger partial charge in [-0.1, -0.05) is 0 Å². The minimum absolute atomic E-state index is 0.0170. The van der Waals surface area contributed by atoms with Crippen LogP contribution in [0.3, 0.4) is 0 Å². The number of ether oxygens (including phenoxy) is 2. The summed E-state index contributed by atoms with van der Waals surface area (Å²) < 4.78 is 10.5. The Kier molecular flexibility index (Phi) is 3.76. The monoisotopic (exact) mass is 291 g/mol. The van der Waals surface area contributed by atoms with Crippen LogP contribution in [0.5, 0.6) is 5.75 Å². The van der Waals surface area contributed by atoms with Crippen molar-refractivity contribution in [3.05, 3.63) is 18.2 Å². The van der Waals surface area contributed by atoms with Crippen molar-refractivity contribution < 1.29 is 19.1 Å². The third-order valence-electron chi connectivity index (χ3n) is 3.62. The molecule has 2 aliphatic heterocycles. The molecule has 2 amide bonds. The predicted molar refractivity (Wildman–Crippen MR) is 76.4 cm³/mol. The molecular weight excluding hydrogens is 274 g/mol. The molecule has 112 valence electrons. The lowest BCUT2D eigenvalue weighted by Gasteiger charge is -2.19. The summed E-state index contributed by atoms with van der Waals surface area (Å²) in [6.45, 7) is 0.686. The minimum Gasteiger partial charge on any atom is -0.482 e. The summed E-state index contributed by atoms with van der Waals surface area (Å²) in [5, 5.41) is 8.65. The number of nitrogens with one attached hydrogen (secondary N) is 3. The van der Waals surface area contributed by atoms with Crippen LogP contribution in [0.2, 0.25) is 0 Å². The third kappa shape index (κ3) is 2.98. The average Bonchev–Trinajstić information content (AvgIpc) is 2.96. The fraction of sp³-hybridized carbons (Fsp3) is 0.429. The number of benzene rings is 1. The van der Waals surface area contributed by atoms with Gasteiger partial charge in [-0.3, -0.25) is 9.59 Å². The van der Waals surface area contributed by atoms with Gasteiger partial charge in [-0.05, 0) is 24.6 Å². The highest BCUT2D eigenvalue weighted by molar-refractivity contribution is 5.98. The molecule has 0 aromatic heterocycles. The topological polar surface area (TPSA) is 88.7 Å². The molecule has 0 bridgehead atoms. The molecule has 1 aromatic rings. The number of rotatable bonds is 3. The van der Waals surface area contributed by atoms with E-state index in [1.54, 1.807) is 25.3 Å². The summed E-state index contributed by atoms with van der Waals surface area (Å²) >= 11 is 0. The smallest absolute Gasteiger partial charge is 0.262 e. The maximum atomic E-state index is 12.2. The molecule has 7 heteroatoms. The first-order valence-electron chi connectivity index (χ1n) is 6.79. The van der Waals surface area contributed by atoms with Crippen molar-refractivity contribution >= 4 is 23.2 Å². The summed E-state index contributed by atoms with van der Waals surface area (Å²) in [6, 6.07) is 4.89. The van der Waals surface area contributed by atoms with Crippen molar-refractivity contribution in [2.75, 3.05) is 30.9 Å². The van der Waals surface area contributed by atoms with Gasteiger partial charge in [0.15, 0.2) is 6.61 Å². The van der Waals surface area contributed by atoms with Crippen LogP contribution in [0, 0.1) is 0 Å². The van der Waals surface area contributed by atoms with Gasteiger partial charge in [0.25, 0.3) is 5.91 Å². The first kappa shape index (κ1) is 13.8. The van der Waals surface area contributed by atoms with Gasteiger partial charge < -0.3 is 25.4 Å². The zero-order chi connectivity index (χ0) is 14.8. The molecule has 2 aliphatic rings. The fourth-order valence-electron chi connectivity index (χ4n) is 2.47. The molecule has 0 saturated carbocycles. The normalized spacial score (nSPS) is 24.0. The zero-order valence-corrected chi connectivity index (χ0v) is 11.6. The summed E-state index contributed by atoms with van der Waals surface area (Å²) in [5.41, 5.74) is 1.19. The first-order chi connectivity index (χ1) is 10.2. The highest BCUT2D eigenvalue weighted by Crippen LogP contribution is 2.30. The van der Waals surface area contributed by atoms with Gasteiger partial charge in [-0.2, -0.15) is 0 Å². The molecule has 1 fully saturated rings. The van der Waals surface area contributed by atoms with E-state index in [2.05, 4.69) is 16.0 Å². The van der Waals surface area contributed by atoms with Gasteiger partial charge >= 0.3 is 0 Å². The summed E-state index contributed by atoms with van der Waals surface area (Å²) in [7, 11) is 1.64. The van der Waals surface area contributed by atoms with Crippen LogP contribution in [-0.4, -0.2) is 44.2 Å². The van der Waals surface area contributed by atoms with E-state index >= 15 is 0 Å². The number of hydrogen-bond donors (Lipinski definition) is 3. The molecule has 1 aromatic carbocycles. The Morgan fingerprint density at radius 2 is 2.33 bits per heavy atom. The lowest BCUT2D eigenvalue weighted by molar-refractivity contribution is -0.119. The van der Waals surface area contributed by atoms with Crippen LogP contribution < -0.4 is 20.7 Å². The number of carbonyl (C=O) groups is 2. The van der Waals surface area contributed by atoms with E-state index in [1.165, 1.54) is 0 Å². The highest BCUT2D eigenvalue weighted by Gasteiger charge is 2.29. The number of amides is 2. The molecule has 2 unspecified atom stereocenters. The molecule has 3 N–H and O–H groups in total. The van der Waals surface area contributed by atoms with Crippen molar-refractivity contribution in [3.63, 3.8) is 0 Å². The van der Waals surface area contributed by atoms with E-state index in [0.717, 1.165) is 0 Å². The van der Waals surface area contributed by atoms with Gasteiger partial charge in [0, 0.05) is 19.3 Å². The second-order valence-electron chi connectivity index (χ2n) is 5.09. The SMILES string of the molecule is COC1CNC(C(=O)Nc2ccc3c(c2)NC(=O)CO3)C1. The largest absolute Gasteiger partial charge is 0.482 e. The Morgan fingerprint density at radius 3 is 3.10 bits per heavy atom. The summed E-state index contributed by atoms with van der Waals surface area (Å²) in [5.74, 6) is 0.287. The van der Waals surface area contributed by atoms with Crippen LogP contribution in [0.15, 0.2) is 18.2 Å². The van der Waals surface area contributed by atoms with Crippen LogP contribution in [0.1, 0.15) is 6.42 Å². The van der Waals surface area contributed by atoms with Crippen molar-refractivity contribution in [1.29, 1.82) is 0 Å². The van der Waals surface area contributed by atoms with Crippen molar-refractivity contribution in [2.24, 2.45) is 0 Å². The lowest BCUT2D eigenvalue weighted by Crippen LogP contribution is -2.35. The van der Waals surface area contributed by atoms with Crippen molar-refractivity contribution in [2.45, 2.75) is 18.6 Å². The Hall–Kier alpha value is -2.12. The average molecular weight is 291 g/mol. The molecule has 7 nitrogen and oxygen atoms in total. The van der Waals surface area contributed by atoms with Gasteiger partial charge in [-0.15, -0.1) is 0 Å². The van der Waals surface area contributed by atoms with Crippen LogP contribution in [-0.2, 0) is 14.3 Å². The van der Waals surface area contributed by atoms with Gasteiger partial charge in [0.05, 0.1) is 17.8 Å². The standard InChI is InChI=1S/C14H17N3O4/c1-20-9-5-11(15-6-9)14(19)16-8-2-3-12-10(4-8)17-13(18)7-21-12/h2-4,9,11,15H,5-7H2,1H3,(H,16,19)(H,17,18). The maximum Gasteiger partial charge on any atom is 0.262 e. The van der Waals surface area contributed by atoms with E-state index < -0.39 is 0 Å². The number of methoxy groups -OCH3 is 1. The minimum atomic E-state index is -0.267. The molecule has 0 spiro atoms. The van der Waals surface area contributed by atoms with E-state index in [0.29, 0.717) is 30.1 Å². The van der Waals surface area contributed by atoms with Crippen LogP contribution in [0.4, 0.5) is 11.4 Å². The molecule has 2 heterocycles. The highest BCUT2D eigenvalue weighted by atomic mass is 16.5. The summed E-state index contributed by atoms with van der Waals surface area (Å²) in [6.07, 6.45) is 0.713. The first-order valence-corrected chi connectivity index (χ1v) is 6.79. The Morgan fingerprint density at radius 1 is 1.48 bits per heavy atom. The third-order valence-corrected chi connectivity index (χ3v) is 3.62. The molecule has 21 heavy (non-hydrogen) atoms. The zero-order valence-electron chi connectivity index (χ0n) is 11.6. The van der Waals surface area contributed by atoms with Gasteiger partial charge in [0.1, 0.15) is 5.75 Å². The second kappa shape index (κ2) is 5.71. The Balaban J connectivity index is 1.66. The Bertz CT molecular complexity index is 575. The van der Waals surface area contributed by atoms with Crippen molar-refractivity contribution in [1.82, 2.24) is 5.32 Å². The second-order valence-corrected chi connectivity index (χ2v) is 5.09. The molecule has 0 radical (unpaired) electrons. The predicted octanol–water partition coefficient (Wildman–Crippen LogP) is 0.333. The van der Waals surface area contributed by atoms with E-state index in [9.17, 15) is 9.59 Å². The molecule has 1 saturated heterocycles. The quantitative estimate of drug-likeness (QED) is 0.747. The molecule has 0 aliphatic carbocycles. The molecule has 3 rings (SSSR count). The van der Waals surface area contributed by atoms with Crippen molar-refractivity contribution in [3.8, 4) is 5.75 Å². The lowest BCUT2D eigenvalue weighted by atomic mass is 10.1. The number of fused-ring (bicyclic) bond motifs is 1. The van der Waals surface area contributed by atoms with E-state index in [1.807, 2.05) is 0 Å². The number of anilines is 2. The molecule has 2 atom stereocenters. The van der Waals surface area contributed by atoms with Crippen LogP contribution in [0.25, 0.3) is 0 Å². The summed E-state index contributed by atoms with van der Waals surface area (Å²) in [4.78, 5) is 23.5. The Labute approximate surface area is 122 Å². The van der Waals surface area contributed by atoms with Gasteiger partial charge in [0.2, 0.25) is 5.91 Å². The van der Waals surface area contributed by atoms with E-state index in [-0.39, 0.29) is 30.6 Å². The van der Waals surface area contributed by atoms with E-state index in [4.69, 9.17) is 9.47 Å². The number of carbonyl (C=O) groups excluding carboxylic acids is 2. The van der Waals surface area contributed by atoms with Crippen LogP contribution >= 0.6 is 0 Å². The number of hydrogen-bond acceptors (Lipinski definition) is 5. The van der Waals surface area contributed by atoms with Gasteiger partial charge in [-0.25, -0.2) is 0 Å². The molecular formula is C14H17N3O4. The maximum absolute atomic E-state index is 12.2.